The van der Waals surface area contributed by atoms with Gasteiger partial charge in [-0.1, -0.05) is 12.1 Å². The number of amides is 1. The van der Waals surface area contributed by atoms with Crippen LogP contribution < -0.4 is 10.6 Å². The summed E-state index contributed by atoms with van der Waals surface area (Å²) in [5.74, 6) is 0. The van der Waals surface area contributed by atoms with Crippen LogP contribution in [-0.4, -0.2) is 18.2 Å². The van der Waals surface area contributed by atoms with Crippen molar-refractivity contribution in [1.29, 1.82) is 0 Å². The highest BCUT2D eigenvalue weighted by atomic mass is 16.6. The van der Waals surface area contributed by atoms with Crippen molar-refractivity contribution in [3.63, 3.8) is 0 Å². The zero-order chi connectivity index (χ0) is 14.9. The van der Waals surface area contributed by atoms with Crippen molar-refractivity contribution < 1.29 is 9.53 Å². The lowest BCUT2D eigenvalue weighted by atomic mass is 9.98. The van der Waals surface area contributed by atoms with Gasteiger partial charge in [-0.25, -0.2) is 4.79 Å². The number of aryl methyl sites for hydroxylation is 1. The number of hydrogen-bond donors (Lipinski definition) is 1. The summed E-state index contributed by atoms with van der Waals surface area (Å²) in [6.07, 6.45) is 1.68. The molecule has 0 saturated heterocycles. The van der Waals surface area contributed by atoms with Gasteiger partial charge in [0.15, 0.2) is 0 Å². The fourth-order valence-electron chi connectivity index (χ4n) is 2.38. The van der Waals surface area contributed by atoms with E-state index in [1.165, 1.54) is 5.56 Å². The summed E-state index contributed by atoms with van der Waals surface area (Å²) in [5.41, 5.74) is 8.63. The van der Waals surface area contributed by atoms with Crippen LogP contribution in [0.1, 0.15) is 51.3 Å². The van der Waals surface area contributed by atoms with Crippen molar-refractivity contribution in [2.45, 2.75) is 52.2 Å². The molecule has 2 rings (SSSR count). The maximum absolute atomic E-state index is 12.3. The third-order valence-electron chi connectivity index (χ3n) is 3.37. The summed E-state index contributed by atoms with van der Waals surface area (Å²) in [5, 5.41) is 0. The van der Waals surface area contributed by atoms with E-state index in [0.29, 0.717) is 6.54 Å². The molecule has 4 nitrogen and oxygen atoms in total. The summed E-state index contributed by atoms with van der Waals surface area (Å²) in [6.45, 7) is 8.29. The Morgan fingerprint density at radius 2 is 2.10 bits per heavy atom. The van der Waals surface area contributed by atoms with Gasteiger partial charge < -0.3 is 10.5 Å². The number of hydrogen-bond acceptors (Lipinski definition) is 3. The van der Waals surface area contributed by atoms with Crippen LogP contribution in [0.5, 0.6) is 0 Å². The monoisotopic (exact) mass is 276 g/mol. The predicted octanol–water partition coefficient (Wildman–Crippen LogP) is 3.39. The van der Waals surface area contributed by atoms with E-state index in [0.717, 1.165) is 24.1 Å². The van der Waals surface area contributed by atoms with Gasteiger partial charge in [0.25, 0.3) is 0 Å². The molecule has 110 valence electrons. The Hall–Kier alpha value is -1.55. The van der Waals surface area contributed by atoms with Crippen molar-refractivity contribution in [2.24, 2.45) is 5.73 Å². The number of carbonyl (C=O) groups is 1. The average molecular weight is 276 g/mol. The van der Waals surface area contributed by atoms with Gasteiger partial charge in [0.05, 0.1) is 5.69 Å². The molecule has 1 amide bonds. The minimum atomic E-state index is -0.479. The number of ether oxygens (including phenoxy) is 1. The molecule has 0 aromatic heterocycles. The largest absolute Gasteiger partial charge is 0.443 e. The molecular formula is C16H24N2O2. The van der Waals surface area contributed by atoms with Crippen molar-refractivity contribution in [3.05, 3.63) is 29.3 Å². The van der Waals surface area contributed by atoms with Gasteiger partial charge >= 0.3 is 6.09 Å². The first-order valence-corrected chi connectivity index (χ1v) is 7.17. The number of rotatable bonds is 1. The van der Waals surface area contributed by atoms with Crippen LogP contribution in [0.25, 0.3) is 0 Å². The van der Waals surface area contributed by atoms with Gasteiger partial charge in [-0.15, -0.1) is 0 Å². The Kier molecular flexibility index (Phi) is 4.04. The Morgan fingerprint density at radius 1 is 1.40 bits per heavy atom. The maximum atomic E-state index is 12.3. The standard InChI is InChI=1S/C16H24N2O2/c1-11(17)13-8-7-12-6-5-9-18(14(12)10-13)15(19)20-16(2,3)4/h7-8,10-11H,5-6,9,17H2,1-4H3/t11-/m1/s1. The summed E-state index contributed by atoms with van der Waals surface area (Å²) in [7, 11) is 0. The Balaban J connectivity index is 2.31. The van der Waals surface area contributed by atoms with Crippen LogP contribution in [0.4, 0.5) is 10.5 Å². The Morgan fingerprint density at radius 3 is 2.70 bits per heavy atom. The van der Waals surface area contributed by atoms with E-state index in [9.17, 15) is 4.79 Å². The highest BCUT2D eigenvalue weighted by Crippen LogP contribution is 2.30. The molecule has 1 atom stereocenters. The first kappa shape index (κ1) is 14.9. The second kappa shape index (κ2) is 5.44. The van der Waals surface area contributed by atoms with Gasteiger partial charge in [-0.2, -0.15) is 0 Å². The molecule has 4 heteroatoms. The molecule has 1 heterocycles. The molecule has 1 aliphatic heterocycles. The zero-order valence-electron chi connectivity index (χ0n) is 12.8. The number of nitrogens with zero attached hydrogens (tertiary/aromatic N) is 1. The number of carbonyl (C=O) groups excluding carboxylic acids is 1. The average Bonchev–Trinajstić information content (AvgIpc) is 2.35. The molecule has 20 heavy (non-hydrogen) atoms. The summed E-state index contributed by atoms with van der Waals surface area (Å²) in [6, 6.07) is 6.10. The van der Waals surface area contributed by atoms with E-state index in [4.69, 9.17) is 10.5 Å². The summed E-state index contributed by atoms with van der Waals surface area (Å²) in [4.78, 5) is 14.1. The van der Waals surface area contributed by atoms with E-state index in [-0.39, 0.29) is 12.1 Å². The topological polar surface area (TPSA) is 55.6 Å². The van der Waals surface area contributed by atoms with Crippen LogP contribution in [0, 0.1) is 0 Å². The van der Waals surface area contributed by atoms with E-state index in [2.05, 4.69) is 6.07 Å². The van der Waals surface area contributed by atoms with Crippen LogP contribution in [0.2, 0.25) is 0 Å². The minimum Gasteiger partial charge on any atom is -0.443 e. The molecule has 0 radical (unpaired) electrons. The molecule has 0 saturated carbocycles. The maximum Gasteiger partial charge on any atom is 0.414 e. The minimum absolute atomic E-state index is 0.0392. The molecule has 2 N–H and O–H groups in total. The molecule has 0 aliphatic carbocycles. The zero-order valence-corrected chi connectivity index (χ0v) is 12.8. The number of anilines is 1. The van der Waals surface area contributed by atoms with Crippen LogP contribution in [-0.2, 0) is 11.2 Å². The lowest BCUT2D eigenvalue weighted by Crippen LogP contribution is -2.39. The van der Waals surface area contributed by atoms with Gasteiger partial charge in [0.1, 0.15) is 5.60 Å². The van der Waals surface area contributed by atoms with Gasteiger partial charge in [0, 0.05) is 12.6 Å². The first-order chi connectivity index (χ1) is 9.28. The van der Waals surface area contributed by atoms with Crippen molar-refractivity contribution in [1.82, 2.24) is 0 Å². The van der Waals surface area contributed by atoms with Crippen LogP contribution >= 0.6 is 0 Å². The van der Waals surface area contributed by atoms with Gasteiger partial charge in [0.2, 0.25) is 0 Å². The second-order valence-corrected chi connectivity index (χ2v) is 6.41. The quantitative estimate of drug-likeness (QED) is 0.855. The van der Waals surface area contributed by atoms with Gasteiger partial charge in [-0.05, 0) is 57.7 Å². The Bertz CT molecular complexity index is 504. The third kappa shape index (κ3) is 3.31. The molecule has 0 unspecified atom stereocenters. The van der Waals surface area contributed by atoms with Crippen molar-refractivity contribution >= 4 is 11.8 Å². The van der Waals surface area contributed by atoms with Crippen molar-refractivity contribution in [2.75, 3.05) is 11.4 Å². The molecule has 0 bridgehead atoms. The van der Waals surface area contributed by atoms with E-state index in [1.54, 1.807) is 4.90 Å². The normalized spacial score (nSPS) is 16.6. The van der Waals surface area contributed by atoms with Gasteiger partial charge in [-0.3, -0.25) is 4.90 Å². The van der Waals surface area contributed by atoms with Crippen molar-refractivity contribution in [3.8, 4) is 0 Å². The number of nitrogens with two attached hydrogens (primary N) is 1. The highest BCUT2D eigenvalue weighted by molar-refractivity contribution is 5.89. The fraction of sp³-hybridized carbons (Fsp3) is 0.562. The molecule has 1 aliphatic rings. The summed E-state index contributed by atoms with van der Waals surface area (Å²) < 4.78 is 5.49. The summed E-state index contributed by atoms with van der Waals surface area (Å²) >= 11 is 0. The fourth-order valence-corrected chi connectivity index (χ4v) is 2.38. The lowest BCUT2D eigenvalue weighted by Gasteiger charge is -2.32. The van der Waals surface area contributed by atoms with Crippen LogP contribution in [0.3, 0.4) is 0 Å². The molecule has 1 aromatic carbocycles. The van der Waals surface area contributed by atoms with E-state index in [1.807, 2.05) is 39.8 Å². The molecular weight excluding hydrogens is 252 g/mol. The number of benzene rings is 1. The van der Waals surface area contributed by atoms with E-state index >= 15 is 0 Å². The van der Waals surface area contributed by atoms with Crippen LogP contribution in [0.15, 0.2) is 18.2 Å². The molecule has 0 spiro atoms. The third-order valence-corrected chi connectivity index (χ3v) is 3.37. The molecule has 1 aromatic rings. The highest BCUT2D eigenvalue weighted by Gasteiger charge is 2.27. The first-order valence-electron chi connectivity index (χ1n) is 7.17. The predicted molar refractivity (Wildman–Crippen MR) is 80.9 cm³/mol. The SMILES string of the molecule is C[C@@H](N)c1ccc2c(c1)N(C(=O)OC(C)(C)C)CCC2. The second-order valence-electron chi connectivity index (χ2n) is 6.41. The number of fused-ring (bicyclic) bond motifs is 1. The molecule has 0 fully saturated rings. The smallest absolute Gasteiger partial charge is 0.414 e. The lowest BCUT2D eigenvalue weighted by molar-refractivity contribution is 0.0578. The van der Waals surface area contributed by atoms with E-state index < -0.39 is 5.60 Å². The Labute approximate surface area is 120 Å².